The fraction of sp³-hybridized carbons (Fsp3) is 0.353. The highest BCUT2D eigenvalue weighted by Crippen LogP contribution is 2.26. The van der Waals surface area contributed by atoms with Crippen LogP contribution in [0.1, 0.15) is 18.4 Å². The number of aliphatic hydroxyl groups is 1. The molecule has 24 heavy (non-hydrogen) atoms. The number of hydrogen-bond acceptors (Lipinski definition) is 5. The number of nitrogens with zero attached hydrogens (tertiary/aromatic N) is 3. The molecule has 3 rings (SSSR count). The average molecular weight is 347 g/mol. The van der Waals surface area contributed by atoms with Crippen molar-refractivity contribution in [2.24, 2.45) is 5.92 Å². The first-order valence-electron chi connectivity index (χ1n) is 7.88. The second-order valence-electron chi connectivity index (χ2n) is 5.80. The zero-order valence-electron chi connectivity index (χ0n) is 13.2. The van der Waals surface area contributed by atoms with Crippen LogP contribution in [0, 0.1) is 5.92 Å². The maximum Gasteiger partial charge on any atom is 0.230 e. The molecule has 1 fully saturated rings. The topological polar surface area (TPSA) is 78.4 Å². The summed E-state index contributed by atoms with van der Waals surface area (Å²) in [4.78, 5) is 22.8. The summed E-state index contributed by atoms with van der Waals surface area (Å²) in [5, 5.41) is 12.9. The maximum atomic E-state index is 12.5. The second-order valence-corrected chi connectivity index (χ2v) is 6.24. The number of rotatable bonds is 4. The maximum absolute atomic E-state index is 12.5. The van der Waals surface area contributed by atoms with Crippen LogP contribution in [0.3, 0.4) is 0 Å². The second kappa shape index (κ2) is 7.59. The van der Waals surface area contributed by atoms with Crippen LogP contribution in [-0.2, 0) is 11.4 Å². The summed E-state index contributed by atoms with van der Waals surface area (Å²) in [6.45, 7) is 1.40. The standard InChI is InChI=1S/C17H19ClN4O2/c18-14-3-4-16(20-9-14)21-17(24)12-2-1-7-22(10-12)15-5-6-19-8-13(15)11-23/h3-6,8-9,12,23H,1-2,7,10-11H2,(H,20,21,24). The van der Waals surface area contributed by atoms with Gasteiger partial charge in [0.2, 0.25) is 5.91 Å². The molecular formula is C17H19ClN4O2. The summed E-state index contributed by atoms with van der Waals surface area (Å²) < 4.78 is 0. The Morgan fingerprint density at radius 1 is 1.38 bits per heavy atom. The van der Waals surface area contributed by atoms with E-state index in [9.17, 15) is 9.90 Å². The normalized spacial score (nSPS) is 17.6. The third-order valence-corrected chi connectivity index (χ3v) is 4.38. The van der Waals surface area contributed by atoms with Gasteiger partial charge in [-0.2, -0.15) is 0 Å². The molecule has 1 atom stereocenters. The summed E-state index contributed by atoms with van der Waals surface area (Å²) in [5.74, 6) is 0.326. The number of piperidine rings is 1. The quantitative estimate of drug-likeness (QED) is 0.889. The van der Waals surface area contributed by atoms with E-state index in [2.05, 4.69) is 20.2 Å². The Morgan fingerprint density at radius 2 is 2.25 bits per heavy atom. The van der Waals surface area contributed by atoms with E-state index in [0.29, 0.717) is 17.4 Å². The minimum Gasteiger partial charge on any atom is -0.392 e. The number of pyridine rings is 2. The summed E-state index contributed by atoms with van der Waals surface area (Å²) in [7, 11) is 0. The molecule has 126 valence electrons. The van der Waals surface area contributed by atoms with E-state index in [0.717, 1.165) is 30.6 Å². The van der Waals surface area contributed by atoms with Crippen molar-refractivity contribution in [1.82, 2.24) is 9.97 Å². The lowest BCUT2D eigenvalue weighted by atomic mass is 9.96. The number of nitrogens with one attached hydrogen (secondary N) is 1. The van der Waals surface area contributed by atoms with Crippen molar-refractivity contribution in [3.8, 4) is 0 Å². The van der Waals surface area contributed by atoms with Crippen LogP contribution in [0.25, 0.3) is 0 Å². The number of anilines is 2. The van der Waals surface area contributed by atoms with Gasteiger partial charge in [0, 0.05) is 42.9 Å². The molecule has 3 heterocycles. The first-order valence-corrected chi connectivity index (χ1v) is 8.26. The number of carbonyl (C=O) groups excluding carboxylic acids is 1. The summed E-state index contributed by atoms with van der Waals surface area (Å²) >= 11 is 5.81. The summed E-state index contributed by atoms with van der Waals surface area (Å²) in [5.41, 5.74) is 1.72. The van der Waals surface area contributed by atoms with Crippen molar-refractivity contribution in [2.75, 3.05) is 23.3 Å². The van der Waals surface area contributed by atoms with E-state index in [-0.39, 0.29) is 18.4 Å². The fourth-order valence-electron chi connectivity index (χ4n) is 2.94. The highest BCUT2D eigenvalue weighted by Gasteiger charge is 2.27. The number of aliphatic hydroxyl groups excluding tert-OH is 1. The molecule has 6 nitrogen and oxygen atoms in total. The Kier molecular flexibility index (Phi) is 5.27. The molecule has 2 aromatic rings. The predicted octanol–water partition coefficient (Wildman–Crippen LogP) is 2.48. The van der Waals surface area contributed by atoms with E-state index in [1.165, 1.54) is 6.20 Å². The number of hydrogen-bond donors (Lipinski definition) is 2. The van der Waals surface area contributed by atoms with Crippen molar-refractivity contribution in [2.45, 2.75) is 19.4 Å². The van der Waals surface area contributed by atoms with E-state index < -0.39 is 0 Å². The van der Waals surface area contributed by atoms with Gasteiger partial charge in [-0.1, -0.05) is 11.6 Å². The van der Waals surface area contributed by atoms with Gasteiger partial charge in [0.05, 0.1) is 17.5 Å². The number of halogens is 1. The minimum absolute atomic E-state index is 0.0471. The molecule has 0 saturated carbocycles. The molecule has 2 aromatic heterocycles. The zero-order chi connectivity index (χ0) is 16.9. The van der Waals surface area contributed by atoms with E-state index >= 15 is 0 Å². The average Bonchev–Trinajstić information content (AvgIpc) is 2.63. The molecule has 7 heteroatoms. The van der Waals surface area contributed by atoms with Gasteiger partial charge in [-0.05, 0) is 31.0 Å². The van der Waals surface area contributed by atoms with E-state index in [4.69, 9.17) is 11.6 Å². The fourth-order valence-corrected chi connectivity index (χ4v) is 3.05. The minimum atomic E-state index is -0.129. The zero-order valence-corrected chi connectivity index (χ0v) is 13.9. The highest BCUT2D eigenvalue weighted by atomic mass is 35.5. The van der Waals surface area contributed by atoms with Crippen LogP contribution in [0.4, 0.5) is 11.5 Å². The lowest BCUT2D eigenvalue weighted by molar-refractivity contribution is -0.120. The molecular weight excluding hydrogens is 328 g/mol. The van der Waals surface area contributed by atoms with Crippen molar-refractivity contribution < 1.29 is 9.90 Å². The molecule has 0 aliphatic carbocycles. The predicted molar refractivity (Wildman–Crippen MR) is 93.0 cm³/mol. The van der Waals surface area contributed by atoms with E-state index in [1.807, 2.05) is 6.07 Å². The van der Waals surface area contributed by atoms with Crippen LogP contribution in [0.15, 0.2) is 36.8 Å². The van der Waals surface area contributed by atoms with Gasteiger partial charge in [-0.3, -0.25) is 9.78 Å². The highest BCUT2D eigenvalue weighted by molar-refractivity contribution is 6.30. The van der Waals surface area contributed by atoms with Gasteiger partial charge in [0.1, 0.15) is 5.82 Å². The molecule has 1 saturated heterocycles. The van der Waals surface area contributed by atoms with Gasteiger partial charge in [0.25, 0.3) is 0 Å². The Hall–Kier alpha value is -2.18. The molecule has 1 aliphatic heterocycles. The lowest BCUT2D eigenvalue weighted by Gasteiger charge is -2.34. The molecule has 0 radical (unpaired) electrons. The van der Waals surface area contributed by atoms with Gasteiger partial charge in [0.15, 0.2) is 0 Å². The van der Waals surface area contributed by atoms with Gasteiger partial charge in [-0.25, -0.2) is 4.98 Å². The molecule has 1 amide bonds. The molecule has 1 aliphatic rings. The van der Waals surface area contributed by atoms with Crippen LogP contribution in [0.5, 0.6) is 0 Å². The summed E-state index contributed by atoms with van der Waals surface area (Å²) in [6.07, 6.45) is 6.62. The first-order chi connectivity index (χ1) is 11.7. The van der Waals surface area contributed by atoms with Crippen LogP contribution in [-0.4, -0.2) is 34.1 Å². The SMILES string of the molecule is O=C(Nc1ccc(Cl)cn1)C1CCCN(c2ccncc2CO)C1. The number of aromatic nitrogens is 2. The number of carbonyl (C=O) groups is 1. The molecule has 0 aromatic carbocycles. The largest absolute Gasteiger partial charge is 0.392 e. The third-order valence-electron chi connectivity index (χ3n) is 4.16. The van der Waals surface area contributed by atoms with Crippen molar-refractivity contribution in [3.63, 3.8) is 0 Å². The van der Waals surface area contributed by atoms with Crippen molar-refractivity contribution >= 4 is 29.0 Å². The molecule has 1 unspecified atom stereocenters. The van der Waals surface area contributed by atoms with Gasteiger partial charge >= 0.3 is 0 Å². The first kappa shape index (κ1) is 16.7. The molecule has 0 spiro atoms. The third kappa shape index (κ3) is 3.83. The van der Waals surface area contributed by atoms with Gasteiger partial charge < -0.3 is 15.3 Å². The number of amides is 1. The molecule has 2 N–H and O–H groups in total. The lowest BCUT2D eigenvalue weighted by Crippen LogP contribution is -2.41. The van der Waals surface area contributed by atoms with Gasteiger partial charge in [-0.15, -0.1) is 0 Å². The van der Waals surface area contributed by atoms with Crippen LogP contribution >= 0.6 is 11.6 Å². The Balaban J connectivity index is 1.68. The van der Waals surface area contributed by atoms with Crippen LogP contribution < -0.4 is 10.2 Å². The monoisotopic (exact) mass is 346 g/mol. The smallest absolute Gasteiger partial charge is 0.230 e. The Labute approximate surface area is 145 Å². The summed E-state index contributed by atoms with van der Waals surface area (Å²) in [6, 6.07) is 5.27. The van der Waals surface area contributed by atoms with Crippen molar-refractivity contribution in [3.05, 3.63) is 47.4 Å². The van der Waals surface area contributed by atoms with Crippen molar-refractivity contribution in [1.29, 1.82) is 0 Å². The van der Waals surface area contributed by atoms with Crippen LogP contribution in [0.2, 0.25) is 5.02 Å². The molecule has 0 bridgehead atoms. The van der Waals surface area contributed by atoms with E-state index in [1.54, 1.807) is 24.5 Å². The Morgan fingerprint density at radius 3 is 3.00 bits per heavy atom. The Bertz CT molecular complexity index is 708.